The summed E-state index contributed by atoms with van der Waals surface area (Å²) in [6.45, 7) is 4.16. The number of fused-ring (bicyclic) bond motifs is 4. The van der Waals surface area contributed by atoms with Gasteiger partial charge in [-0.15, -0.1) is 0 Å². The normalized spacial score (nSPS) is 19.0. The molecule has 2 aliphatic rings. The number of benzene rings is 1. The zero-order chi connectivity index (χ0) is 27.7. The average Bonchev–Trinajstić information content (AvgIpc) is 3.76. The molecule has 1 aromatic carbocycles. The standard InChI is InChI=1S/C29H38N6O5/c1-38-24-8-7-23-20-26(24)40-19-17-33(27(36)21-32-15-9-30-22-32)11-2-3-12-35(29(37)25-6-4-18-39-25)14-5-13-34-16-10-31-28(23)34/h7-10,15-16,20,22,25H,2-6,11-14,17-19,21H2,1H3/t25-/m1/s1. The summed E-state index contributed by atoms with van der Waals surface area (Å²) in [6, 6.07) is 5.77. The van der Waals surface area contributed by atoms with Crippen LogP contribution in [0.3, 0.4) is 0 Å². The Labute approximate surface area is 234 Å². The maximum atomic E-state index is 13.3. The van der Waals surface area contributed by atoms with Crippen molar-refractivity contribution in [1.82, 2.24) is 28.9 Å². The van der Waals surface area contributed by atoms with Gasteiger partial charge >= 0.3 is 0 Å². The molecule has 0 spiro atoms. The third-order valence-corrected chi connectivity index (χ3v) is 7.44. The number of hydrogen-bond donors (Lipinski definition) is 0. The molecule has 0 aliphatic carbocycles. The number of methoxy groups -OCH3 is 1. The summed E-state index contributed by atoms with van der Waals surface area (Å²) in [5.74, 6) is 2.12. The summed E-state index contributed by atoms with van der Waals surface area (Å²) in [4.78, 5) is 38.9. The molecule has 3 aromatic rings. The first kappa shape index (κ1) is 27.7. The zero-order valence-corrected chi connectivity index (χ0v) is 23.1. The molecule has 11 heteroatoms. The van der Waals surface area contributed by atoms with Crippen LogP contribution in [0.2, 0.25) is 0 Å². The Morgan fingerprint density at radius 3 is 2.60 bits per heavy atom. The maximum absolute atomic E-state index is 13.3. The molecule has 0 unspecified atom stereocenters. The zero-order valence-electron chi connectivity index (χ0n) is 23.1. The molecule has 4 heterocycles. The number of carbonyl (C=O) groups is 2. The lowest BCUT2D eigenvalue weighted by atomic mass is 10.1. The lowest BCUT2D eigenvalue weighted by molar-refractivity contribution is -0.141. The summed E-state index contributed by atoms with van der Waals surface area (Å²) < 4.78 is 21.3. The highest BCUT2D eigenvalue weighted by Gasteiger charge is 2.28. The fraction of sp³-hybridized carbons (Fsp3) is 0.517. The minimum absolute atomic E-state index is 0.00505. The minimum atomic E-state index is -0.346. The number of nitrogens with zero attached hydrogens (tertiary/aromatic N) is 6. The lowest BCUT2D eigenvalue weighted by Crippen LogP contribution is -2.41. The Balaban J connectivity index is 1.37. The van der Waals surface area contributed by atoms with Crippen LogP contribution >= 0.6 is 0 Å². The highest BCUT2D eigenvalue weighted by molar-refractivity contribution is 5.81. The predicted molar refractivity (Wildman–Crippen MR) is 148 cm³/mol. The number of rotatable bonds is 4. The van der Waals surface area contributed by atoms with E-state index in [1.54, 1.807) is 36.6 Å². The summed E-state index contributed by atoms with van der Waals surface area (Å²) in [7, 11) is 1.61. The van der Waals surface area contributed by atoms with Gasteiger partial charge in [-0.1, -0.05) is 0 Å². The van der Waals surface area contributed by atoms with Gasteiger partial charge in [-0.3, -0.25) is 9.59 Å². The number of imidazole rings is 2. The van der Waals surface area contributed by atoms with Crippen LogP contribution in [-0.4, -0.2) is 93.3 Å². The van der Waals surface area contributed by atoms with Gasteiger partial charge in [0.05, 0.1) is 20.0 Å². The Kier molecular flexibility index (Phi) is 9.33. The topological polar surface area (TPSA) is 104 Å². The van der Waals surface area contributed by atoms with Gasteiger partial charge in [0.15, 0.2) is 11.5 Å². The molecule has 1 atom stereocenters. The van der Waals surface area contributed by atoms with Crippen LogP contribution in [0.15, 0.2) is 49.3 Å². The third kappa shape index (κ3) is 6.82. The van der Waals surface area contributed by atoms with E-state index in [0.29, 0.717) is 50.9 Å². The van der Waals surface area contributed by atoms with Crippen LogP contribution in [0.1, 0.15) is 32.1 Å². The van der Waals surface area contributed by atoms with Crippen molar-refractivity contribution in [2.75, 3.05) is 46.5 Å². The molecule has 2 bridgehead atoms. The van der Waals surface area contributed by atoms with E-state index in [1.807, 2.05) is 34.2 Å². The largest absolute Gasteiger partial charge is 0.493 e. The van der Waals surface area contributed by atoms with Crippen molar-refractivity contribution in [2.45, 2.75) is 51.3 Å². The maximum Gasteiger partial charge on any atom is 0.251 e. The predicted octanol–water partition coefficient (Wildman–Crippen LogP) is 2.85. The van der Waals surface area contributed by atoms with Crippen molar-refractivity contribution < 1.29 is 23.8 Å². The molecule has 2 aliphatic heterocycles. The molecular weight excluding hydrogens is 512 g/mol. The first-order valence-electron chi connectivity index (χ1n) is 14.1. The molecule has 1 saturated heterocycles. The van der Waals surface area contributed by atoms with Gasteiger partial charge in [-0.25, -0.2) is 9.97 Å². The Morgan fingerprint density at radius 2 is 1.82 bits per heavy atom. The second-order valence-corrected chi connectivity index (χ2v) is 10.2. The number of aryl methyl sites for hydroxylation is 1. The molecule has 214 valence electrons. The van der Waals surface area contributed by atoms with E-state index in [9.17, 15) is 9.59 Å². The van der Waals surface area contributed by atoms with Crippen molar-refractivity contribution in [1.29, 1.82) is 0 Å². The highest BCUT2D eigenvalue weighted by Crippen LogP contribution is 2.32. The second kappa shape index (κ2) is 13.5. The Morgan fingerprint density at radius 1 is 0.975 bits per heavy atom. The number of aromatic nitrogens is 4. The monoisotopic (exact) mass is 550 g/mol. The fourth-order valence-electron chi connectivity index (χ4n) is 5.29. The van der Waals surface area contributed by atoms with E-state index in [2.05, 4.69) is 14.5 Å². The van der Waals surface area contributed by atoms with Crippen LogP contribution in [-0.2, 0) is 27.4 Å². The molecule has 1 fully saturated rings. The molecular formula is C29H38N6O5. The van der Waals surface area contributed by atoms with Gasteiger partial charge in [-0.2, -0.15) is 0 Å². The quantitative estimate of drug-likeness (QED) is 0.492. The summed E-state index contributed by atoms with van der Waals surface area (Å²) in [5.41, 5.74) is 0.908. The van der Waals surface area contributed by atoms with E-state index in [1.165, 1.54) is 0 Å². The number of carbonyl (C=O) groups excluding carboxylic acids is 2. The van der Waals surface area contributed by atoms with Crippen molar-refractivity contribution in [3.8, 4) is 22.9 Å². The van der Waals surface area contributed by atoms with Gasteiger partial charge < -0.3 is 33.1 Å². The summed E-state index contributed by atoms with van der Waals surface area (Å²) in [5, 5.41) is 0. The van der Waals surface area contributed by atoms with Crippen molar-refractivity contribution >= 4 is 11.8 Å². The second-order valence-electron chi connectivity index (χ2n) is 10.2. The Hall–Kier alpha value is -3.86. The summed E-state index contributed by atoms with van der Waals surface area (Å²) >= 11 is 0. The van der Waals surface area contributed by atoms with Crippen LogP contribution in [0.5, 0.6) is 11.5 Å². The molecule has 0 N–H and O–H groups in total. The van der Waals surface area contributed by atoms with Gasteiger partial charge in [-0.05, 0) is 50.3 Å². The van der Waals surface area contributed by atoms with Crippen LogP contribution in [0, 0.1) is 0 Å². The van der Waals surface area contributed by atoms with Crippen molar-refractivity contribution in [3.63, 3.8) is 0 Å². The van der Waals surface area contributed by atoms with E-state index >= 15 is 0 Å². The van der Waals surface area contributed by atoms with E-state index in [4.69, 9.17) is 14.2 Å². The smallest absolute Gasteiger partial charge is 0.251 e. The Bertz CT molecular complexity index is 1250. The molecule has 11 nitrogen and oxygen atoms in total. The van der Waals surface area contributed by atoms with Gasteiger partial charge in [0.25, 0.3) is 5.91 Å². The van der Waals surface area contributed by atoms with Gasteiger partial charge in [0.1, 0.15) is 25.1 Å². The molecule has 2 amide bonds. The molecule has 0 radical (unpaired) electrons. The molecule has 40 heavy (non-hydrogen) atoms. The highest BCUT2D eigenvalue weighted by atomic mass is 16.5. The minimum Gasteiger partial charge on any atom is -0.493 e. The van der Waals surface area contributed by atoms with Gasteiger partial charge in [0.2, 0.25) is 5.91 Å². The SMILES string of the molecule is COc1ccc2cc1OCCN(C(=O)Cn1ccnc1)CCCCN(C(=O)[C@H]1CCCO1)CCCn1ccnc1-2. The lowest BCUT2D eigenvalue weighted by Gasteiger charge is -2.27. The fourth-order valence-corrected chi connectivity index (χ4v) is 5.29. The molecule has 2 aromatic heterocycles. The van der Waals surface area contributed by atoms with Crippen LogP contribution in [0.25, 0.3) is 11.4 Å². The first-order chi connectivity index (χ1) is 19.6. The number of amides is 2. The first-order valence-corrected chi connectivity index (χ1v) is 14.1. The van der Waals surface area contributed by atoms with Crippen LogP contribution in [0.4, 0.5) is 0 Å². The van der Waals surface area contributed by atoms with E-state index in [0.717, 1.165) is 50.0 Å². The molecule has 0 saturated carbocycles. The van der Waals surface area contributed by atoms with Gasteiger partial charge in [0, 0.05) is 63.1 Å². The summed E-state index contributed by atoms with van der Waals surface area (Å²) in [6.07, 6.45) is 12.5. The molecule has 5 rings (SSSR count). The van der Waals surface area contributed by atoms with E-state index < -0.39 is 0 Å². The van der Waals surface area contributed by atoms with Crippen molar-refractivity contribution in [3.05, 3.63) is 49.3 Å². The van der Waals surface area contributed by atoms with E-state index in [-0.39, 0.29) is 24.5 Å². The van der Waals surface area contributed by atoms with Crippen molar-refractivity contribution in [2.24, 2.45) is 0 Å². The third-order valence-electron chi connectivity index (χ3n) is 7.44. The van der Waals surface area contributed by atoms with Crippen LogP contribution < -0.4 is 9.47 Å². The number of ether oxygens (including phenoxy) is 3. The average molecular weight is 551 g/mol. The number of hydrogen-bond acceptors (Lipinski definition) is 7.